The fourth-order valence-corrected chi connectivity index (χ4v) is 2.28. The molecule has 3 aromatic rings. The molecule has 0 aliphatic carbocycles. The molecule has 0 atom stereocenters. The van der Waals surface area contributed by atoms with Gasteiger partial charge in [0.2, 0.25) is 0 Å². The number of hydrogen-bond donors (Lipinski definition) is 1. The molecule has 0 aliphatic rings. The molecule has 4 heteroatoms. The molecule has 0 unspecified atom stereocenters. The first-order chi connectivity index (χ1) is 8.63. The van der Waals surface area contributed by atoms with E-state index in [1.807, 2.05) is 19.1 Å². The second kappa shape index (κ2) is 4.10. The van der Waals surface area contributed by atoms with E-state index < -0.39 is 0 Å². The Morgan fingerprint density at radius 2 is 1.89 bits per heavy atom. The summed E-state index contributed by atoms with van der Waals surface area (Å²) in [6, 6.07) is 10.0. The quantitative estimate of drug-likeness (QED) is 0.693. The molecular formula is C14H10ClFN2. The minimum absolute atomic E-state index is 0.248. The molecular weight excluding hydrogens is 251 g/mol. The Hall–Kier alpha value is -1.87. The summed E-state index contributed by atoms with van der Waals surface area (Å²) in [4.78, 5) is 7.62. The average Bonchev–Trinajstić information content (AvgIpc) is 2.74. The van der Waals surface area contributed by atoms with E-state index in [-0.39, 0.29) is 5.82 Å². The van der Waals surface area contributed by atoms with E-state index in [1.54, 1.807) is 12.1 Å². The van der Waals surface area contributed by atoms with E-state index in [1.165, 1.54) is 12.1 Å². The SMILES string of the molecule is Cc1cc(Cl)c2[nH]c(-c3ccc(F)cc3)cc2n1. The zero-order valence-corrected chi connectivity index (χ0v) is 10.4. The average molecular weight is 261 g/mol. The van der Waals surface area contributed by atoms with Gasteiger partial charge in [0.1, 0.15) is 5.82 Å². The largest absolute Gasteiger partial charge is 0.352 e. The molecule has 0 spiro atoms. The molecule has 1 aromatic carbocycles. The number of fused-ring (bicyclic) bond motifs is 1. The summed E-state index contributed by atoms with van der Waals surface area (Å²) in [7, 11) is 0. The van der Waals surface area contributed by atoms with Crippen LogP contribution in [0.1, 0.15) is 5.69 Å². The van der Waals surface area contributed by atoms with E-state index >= 15 is 0 Å². The maximum atomic E-state index is 12.9. The van der Waals surface area contributed by atoms with Crippen molar-refractivity contribution in [2.45, 2.75) is 6.92 Å². The zero-order chi connectivity index (χ0) is 12.7. The van der Waals surface area contributed by atoms with Crippen molar-refractivity contribution in [1.82, 2.24) is 9.97 Å². The van der Waals surface area contributed by atoms with Gasteiger partial charge in [0.05, 0.1) is 16.1 Å². The number of rotatable bonds is 1. The van der Waals surface area contributed by atoms with Gasteiger partial charge in [-0.15, -0.1) is 0 Å². The Bertz CT molecular complexity index is 716. The highest BCUT2D eigenvalue weighted by Crippen LogP contribution is 2.28. The maximum absolute atomic E-state index is 12.9. The van der Waals surface area contributed by atoms with Crippen molar-refractivity contribution in [3.05, 3.63) is 52.9 Å². The molecule has 1 N–H and O–H groups in total. The number of halogens is 2. The fraction of sp³-hybridized carbons (Fsp3) is 0.0714. The predicted molar refractivity (Wildman–Crippen MR) is 71.2 cm³/mol. The lowest BCUT2D eigenvalue weighted by Gasteiger charge is -1.97. The molecule has 0 amide bonds. The molecule has 18 heavy (non-hydrogen) atoms. The minimum Gasteiger partial charge on any atom is -0.352 e. The summed E-state index contributed by atoms with van der Waals surface area (Å²) in [5, 5.41) is 0.644. The summed E-state index contributed by atoms with van der Waals surface area (Å²) in [6.45, 7) is 1.90. The Kier molecular flexibility index (Phi) is 2.56. The highest BCUT2D eigenvalue weighted by atomic mass is 35.5. The van der Waals surface area contributed by atoms with Crippen molar-refractivity contribution >= 4 is 22.6 Å². The van der Waals surface area contributed by atoms with Crippen LogP contribution in [0.25, 0.3) is 22.3 Å². The number of benzene rings is 1. The third-order valence-corrected chi connectivity index (χ3v) is 3.12. The summed E-state index contributed by atoms with van der Waals surface area (Å²) < 4.78 is 12.9. The van der Waals surface area contributed by atoms with Crippen LogP contribution in [0.4, 0.5) is 4.39 Å². The first-order valence-electron chi connectivity index (χ1n) is 5.55. The molecule has 0 radical (unpaired) electrons. The van der Waals surface area contributed by atoms with Gasteiger partial charge in [-0.05, 0) is 48.9 Å². The molecule has 2 nitrogen and oxygen atoms in total. The number of aromatic amines is 1. The van der Waals surface area contributed by atoms with Crippen LogP contribution < -0.4 is 0 Å². The van der Waals surface area contributed by atoms with Crippen LogP contribution in [0.3, 0.4) is 0 Å². The number of nitrogens with zero attached hydrogens (tertiary/aromatic N) is 1. The van der Waals surface area contributed by atoms with Gasteiger partial charge in [-0.3, -0.25) is 4.98 Å². The fourth-order valence-electron chi connectivity index (χ4n) is 1.98. The minimum atomic E-state index is -0.248. The Balaban J connectivity index is 2.19. The van der Waals surface area contributed by atoms with Crippen molar-refractivity contribution < 1.29 is 4.39 Å². The van der Waals surface area contributed by atoms with Crippen molar-refractivity contribution in [1.29, 1.82) is 0 Å². The van der Waals surface area contributed by atoms with E-state index in [0.29, 0.717) is 5.02 Å². The molecule has 2 heterocycles. The Morgan fingerprint density at radius 1 is 1.17 bits per heavy atom. The van der Waals surface area contributed by atoms with E-state index in [0.717, 1.165) is 28.0 Å². The van der Waals surface area contributed by atoms with Crippen molar-refractivity contribution in [2.24, 2.45) is 0 Å². The number of H-pyrrole nitrogens is 1. The number of aromatic nitrogens is 2. The first kappa shape index (κ1) is 11.2. The Labute approximate surface area is 108 Å². The number of nitrogens with one attached hydrogen (secondary N) is 1. The molecule has 3 rings (SSSR count). The van der Waals surface area contributed by atoms with Crippen LogP contribution in [0.2, 0.25) is 5.02 Å². The van der Waals surface area contributed by atoms with Crippen molar-refractivity contribution in [3.63, 3.8) is 0 Å². The smallest absolute Gasteiger partial charge is 0.123 e. The van der Waals surface area contributed by atoms with Gasteiger partial charge in [0.15, 0.2) is 0 Å². The van der Waals surface area contributed by atoms with Gasteiger partial charge in [0, 0.05) is 11.4 Å². The molecule has 2 aromatic heterocycles. The van der Waals surface area contributed by atoms with Crippen LogP contribution in [-0.2, 0) is 0 Å². The highest BCUT2D eigenvalue weighted by molar-refractivity contribution is 6.35. The van der Waals surface area contributed by atoms with Crippen molar-refractivity contribution in [2.75, 3.05) is 0 Å². The standard InChI is InChI=1S/C14H10ClFN2/c1-8-6-11(15)14-13(17-8)7-12(18-14)9-2-4-10(16)5-3-9/h2-7,18H,1H3. The summed E-state index contributed by atoms with van der Waals surface area (Å²) in [6.07, 6.45) is 0. The maximum Gasteiger partial charge on any atom is 0.123 e. The van der Waals surface area contributed by atoms with Gasteiger partial charge in [-0.25, -0.2) is 4.39 Å². The number of aryl methyl sites for hydroxylation is 1. The lowest BCUT2D eigenvalue weighted by Crippen LogP contribution is -1.81. The second-order valence-electron chi connectivity index (χ2n) is 4.20. The van der Waals surface area contributed by atoms with Gasteiger partial charge in [-0.2, -0.15) is 0 Å². The summed E-state index contributed by atoms with van der Waals surface area (Å²) in [5.41, 5.74) is 4.28. The third kappa shape index (κ3) is 1.87. The first-order valence-corrected chi connectivity index (χ1v) is 5.93. The normalized spacial score (nSPS) is 11.1. The second-order valence-corrected chi connectivity index (χ2v) is 4.60. The molecule has 90 valence electrons. The van der Waals surface area contributed by atoms with Crippen LogP contribution in [0.15, 0.2) is 36.4 Å². The third-order valence-electron chi connectivity index (χ3n) is 2.82. The van der Waals surface area contributed by atoms with E-state index in [2.05, 4.69) is 9.97 Å². The van der Waals surface area contributed by atoms with Gasteiger partial charge in [0.25, 0.3) is 0 Å². The van der Waals surface area contributed by atoms with Crippen LogP contribution >= 0.6 is 11.6 Å². The van der Waals surface area contributed by atoms with Crippen molar-refractivity contribution in [3.8, 4) is 11.3 Å². The Morgan fingerprint density at radius 3 is 2.61 bits per heavy atom. The van der Waals surface area contributed by atoms with Crippen LogP contribution in [0.5, 0.6) is 0 Å². The van der Waals surface area contributed by atoms with E-state index in [9.17, 15) is 4.39 Å². The molecule has 0 bridgehead atoms. The zero-order valence-electron chi connectivity index (χ0n) is 9.67. The van der Waals surface area contributed by atoms with Gasteiger partial charge in [-0.1, -0.05) is 11.6 Å². The lowest BCUT2D eigenvalue weighted by molar-refractivity contribution is 0.628. The molecule has 0 aliphatic heterocycles. The van der Waals surface area contributed by atoms with E-state index in [4.69, 9.17) is 11.6 Å². The monoisotopic (exact) mass is 260 g/mol. The topological polar surface area (TPSA) is 28.7 Å². The number of pyridine rings is 1. The molecule has 0 saturated heterocycles. The summed E-state index contributed by atoms with van der Waals surface area (Å²) >= 11 is 6.16. The van der Waals surface area contributed by atoms with Crippen LogP contribution in [-0.4, -0.2) is 9.97 Å². The lowest BCUT2D eigenvalue weighted by atomic mass is 10.1. The molecule has 0 saturated carbocycles. The highest BCUT2D eigenvalue weighted by Gasteiger charge is 2.08. The van der Waals surface area contributed by atoms with Gasteiger partial charge < -0.3 is 4.98 Å². The number of hydrogen-bond acceptors (Lipinski definition) is 1. The van der Waals surface area contributed by atoms with Crippen LogP contribution in [0, 0.1) is 12.7 Å². The predicted octanol–water partition coefficient (Wildman–Crippen LogP) is 4.33. The summed E-state index contributed by atoms with van der Waals surface area (Å²) in [5.74, 6) is -0.248. The molecule has 0 fully saturated rings. The van der Waals surface area contributed by atoms with Gasteiger partial charge >= 0.3 is 0 Å².